The Bertz CT molecular complexity index is 608. The van der Waals surface area contributed by atoms with E-state index < -0.39 is 11.2 Å². The highest BCUT2D eigenvalue weighted by molar-refractivity contribution is 6.64. The van der Waals surface area contributed by atoms with Crippen LogP contribution in [0.4, 0.5) is 0 Å². The standard InChI is InChI=1S/C17H17ClO3/c1-20-13-9-7-12(8-10-13)11-15(17(18)19)14-5-3-4-6-16(14)21-2/h3-10,15H,11H2,1-2H3. The van der Waals surface area contributed by atoms with Gasteiger partial charge >= 0.3 is 0 Å². The van der Waals surface area contributed by atoms with E-state index in [4.69, 9.17) is 21.1 Å². The highest BCUT2D eigenvalue weighted by Crippen LogP contribution is 2.31. The molecule has 0 bridgehead atoms. The molecule has 0 heterocycles. The van der Waals surface area contributed by atoms with Crippen LogP contribution in [0.15, 0.2) is 48.5 Å². The zero-order valence-electron chi connectivity index (χ0n) is 12.0. The van der Waals surface area contributed by atoms with E-state index in [1.165, 1.54) is 0 Å². The van der Waals surface area contributed by atoms with Crippen LogP contribution < -0.4 is 9.47 Å². The summed E-state index contributed by atoms with van der Waals surface area (Å²) in [5.41, 5.74) is 1.82. The number of para-hydroxylation sites is 1. The lowest BCUT2D eigenvalue weighted by Gasteiger charge is -2.16. The van der Waals surface area contributed by atoms with Gasteiger partial charge in [-0.15, -0.1) is 0 Å². The normalized spacial score (nSPS) is 11.8. The lowest BCUT2D eigenvalue weighted by molar-refractivity contribution is -0.113. The number of carbonyl (C=O) groups excluding carboxylic acids is 1. The molecule has 0 fully saturated rings. The van der Waals surface area contributed by atoms with Crippen molar-refractivity contribution in [3.05, 3.63) is 59.7 Å². The van der Waals surface area contributed by atoms with Crippen LogP contribution in [0.25, 0.3) is 0 Å². The second-order valence-corrected chi connectivity index (χ2v) is 5.02. The number of benzene rings is 2. The Morgan fingerprint density at radius 2 is 1.71 bits per heavy atom. The molecule has 3 nitrogen and oxygen atoms in total. The third-order valence-electron chi connectivity index (χ3n) is 3.39. The smallest absolute Gasteiger partial charge is 0.229 e. The molecule has 21 heavy (non-hydrogen) atoms. The van der Waals surface area contributed by atoms with E-state index in [2.05, 4.69) is 0 Å². The first kappa shape index (κ1) is 15.4. The minimum atomic E-state index is -0.434. The van der Waals surface area contributed by atoms with E-state index >= 15 is 0 Å². The fourth-order valence-electron chi connectivity index (χ4n) is 2.26. The summed E-state index contributed by atoms with van der Waals surface area (Å²) in [6.45, 7) is 0. The molecular formula is C17H17ClO3. The van der Waals surface area contributed by atoms with Crippen LogP contribution in [0.2, 0.25) is 0 Å². The molecule has 0 saturated heterocycles. The topological polar surface area (TPSA) is 35.5 Å². The summed E-state index contributed by atoms with van der Waals surface area (Å²) in [6, 6.07) is 15.0. The van der Waals surface area contributed by atoms with Crippen molar-refractivity contribution < 1.29 is 14.3 Å². The molecule has 0 saturated carbocycles. The fraction of sp³-hybridized carbons (Fsp3) is 0.235. The molecule has 0 amide bonds. The second-order valence-electron chi connectivity index (χ2n) is 4.65. The van der Waals surface area contributed by atoms with Crippen LogP contribution in [-0.4, -0.2) is 19.5 Å². The maximum absolute atomic E-state index is 11.8. The van der Waals surface area contributed by atoms with Gasteiger partial charge in [-0.3, -0.25) is 4.79 Å². The Hall–Kier alpha value is -2.00. The zero-order chi connectivity index (χ0) is 15.2. The Morgan fingerprint density at radius 3 is 2.29 bits per heavy atom. The lowest BCUT2D eigenvalue weighted by Crippen LogP contribution is -2.11. The second kappa shape index (κ2) is 7.14. The van der Waals surface area contributed by atoms with Gasteiger partial charge in [-0.2, -0.15) is 0 Å². The number of methoxy groups -OCH3 is 2. The predicted octanol–water partition coefficient (Wildman–Crippen LogP) is 3.80. The quantitative estimate of drug-likeness (QED) is 0.762. The predicted molar refractivity (Wildman–Crippen MR) is 83.3 cm³/mol. The average molecular weight is 305 g/mol. The molecule has 1 unspecified atom stereocenters. The van der Waals surface area contributed by atoms with Gasteiger partial charge in [0.1, 0.15) is 11.5 Å². The van der Waals surface area contributed by atoms with Gasteiger partial charge in [0.05, 0.1) is 20.1 Å². The van der Waals surface area contributed by atoms with Crippen LogP contribution in [0.1, 0.15) is 17.0 Å². The zero-order valence-corrected chi connectivity index (χ0v) is 12.8. The van der Waals surface area contributed by atoms with Gasteiger partial charge in [0.25, 0.3) is 0 Å². The van der Waals surface area contributed by atoms with Gasteiger partial charge in [0.2, 0.25) is 5.24 Å². The Balaban J connectivity index is 2.28. The molecule has 0 spiro atoms. The van der Waals surface area contributed by atoms with Crippen molar-refractivity contribution in [3.8, 4) is 11.5 Å². The highest BCUT2D eigenvalue weighted by atomic mass is 35.5. The molecule has 1 atom stereocenters. The molecule has 4 heteroatoms. The first-order valence-corrected chi connectivity index (χ1v) is 6.98. The molecule has 0 radical (unpaired) electrons. The number of hydrogen-bond donors (Lipinski definition) is 0. The minimum Gasteiger partial charge on any atom is -0.497 e. The van der Waals surface area contributed by atoms with Gasteiger partial charge in [0, 0.05) is 5.56 Å². The molecule has 0 aliphatic carbocycles. The summed E-state index contributed by atoms with van der Waals surface area (Å²) in [6.07, 6.45) is 0.521. The number of hydrogen-bond acceptors (Lipinski definition) is 3. The Morgan fingerprint density at radius 1 is 1.05 bits per heavy atom. The van der Waals surface area contributed by atoms with Crippen molar-refractivity contribution in [2.24, 2.45) is 0 Å². The van der Waals surface area contributed by atoms with Crippen LogP contribution >= 0.6 is 11.6 Å². The highest BCUT2D eigenvalue weighted by Gasteiger charge is 2.22. The summed E-state index contributed by atoms with van der Waals surface area (Å²) in [4.78, 5) is 11.8. The molecule has 110 valence electrons. The summed E-state index contributed by atoms with van der Waals surface area (Å²) < 4.78 is 10.4. The number of halogens is 1. The molecule has 0 aliphatic heterocycles. The first-order chi connectivity index (χ1) is 10.2. The third-order valence-corrected chi connectivity index (χ3v) is 3.65. The van der Waals surface area contributed by atoms with E-state index in [1.54, 1.807) is 14.2 Å². The first-order valence-electron chi connectivity index (χ1n) is 6.61. The van der Waals surface area contributed by atoms with Gasteiger partial charge in [-0.25, -0.2) is 0 Å². The largest absolute Gasteiger partial charge is 0.497 e. The summed E-state index contributed by atoms with van der Waals surface area (Å²) in [5, 5.41) is -0.393. The van der Waals surface area contributed by atoms with Crippen LogP contribution in [0.5, 0.6) is 11.5 Å². The summed E-state index contributed by atoms with van der Waals surface area (Å²) in [5.74, 6) is 1.02. The molecule has 2 aromatic carbocycles. The molecule has 2 aromatic rings. The monoisotopic (exact) mass is 304 g/mol. The minimum absolute atomic E-state index is 0.393. The van der Waals surface area contributed by atoms with Crippen molar-refractivity contribution in [2.45, 2.75) is 12.3 Å². The summed E-state index contributed by atoms with van der Waals surface area (Å²) in [7, 11) is 3.21. The Kier molecular flexibility index (Phi) is 5.23. The van der Waals surface area contributed by atoms with Crippen LogP contribution in [0, 0.1) is 0 Å². The van der Waals surface area contributed by atoms with Crippen molar-refractivity contribution in [2.75, 3.05) is 14.2 Å². The van der Waals surface area contributed by atoms with Crippen molar-refractivity contribution in [1.29, 1.82) is 0 Å². The van der Waals surface area contributed by atoms with Crippen LogP contribution in [-0.2, 0) is 11.2 Å². The Labute approximate surface area is 129 Å². The van der Waals surface area contributed by atoms with E-state index in [1.807, 2.05) is 48.5 Å². The number of rotatable bonds is 6. The molecule has 0 N–H and O–H groups in total. The maximum atomic E-state index is 11.8. The van der Waals surface area contributed by atoms with Gasteiger partial charge in [0.15, 0.2) is 0 Å². The lowest BCUT2D eigenvalue weighted by atomic mass is 9.92. The fourth-order valence-corrected chi connectivity index (χ4v) is 2.46. The number of carbonyl (C=O) groups is 1. The SMILES string of the molecule is COc1ccc(CC(C(=O)Cl)c2ccccc2OC)cc1. The van der Waals surface area contributed by atoms with Crippen LogP contribution in [0.3, 0.4) is 0 Å². The molecule has 0 aromatic heterocycles. The van der Waals surface area contributed by atoms with E-state index in [0.717, 1.165) is 16.9 Å². The van der Waals surface area contributed by atoms with E-state index in [9.17, 15) is 4.79 Å². The van der Waals surface area contributed by atoms with E-state index in [-0.39, 0.29) is 0 Å². The van der Waals surface area contributed by atoms with Crippen molar-refractivity contribution >= 4 is 16.8 Å². The maximum Gasteiger partial charge on any atom is 0.229 e. The van der Waals surface area contributed by atoms with Crippen molar-refractivity contribution in [3.63, 3.8) is 0 Å². The molecule has 0 aliphatic rings. The molecule has 2 rings (SSSR count). The molecular weight excluding hydrogens is 288 g/mol. The van der Waals surface area contributed by atoms with Gasteiger partial charge in [-0.1, -0.05) is 30.3 Å². The van der Waals surface area contributed by atoms with E-state index in [0.29, 0.717) is 12.2 Å². The van der Waals surface area contributed by atoms with Gasteiger partial charge < -0.3 is 9.47 Å². The average Bonchev–Trinajstić information content (AvgIpc) is 2.53. The van der Waals surface area contributed by atoms with Gasteiger partial charge in [-0.05, 0) is 41.8 Å². The summed E-state index contributed by atoms with van der Waals surface area (Å²) >= 11 is 5.80. The number of ether oxygens (including phenoxy) is 2. The third kappa shape index (κ3) is 3.76. The van der Waals surface area contributed by atoms with Crippen molar-refractivity contribution in [1.82, 2.24) is 0 Å².